The molecule has 1 unspecified atom stereocenters. The van der Waals surface area contributed by atoms with Crippen molar-refractivity contribution in [3.63, 3.8) is 0 Å². The Hall–Kier alpha value is -1.37. The Bertz CT molecular complexity index is 476. The Kier molecular flexibility index (Phi) is 3.43. The van der Waals surface area contributed by atoms with Crippen molar-refractivity contribution in [2.24, 2.45) is 0 Å². The number of nitrogens with zero attached hydrogens (tertiary/aromatic N) is 1. The third kappa shape index (κ3) is 2.03. The van der Waals surface area contributed by atoms with Gasteiger partial charge in [0.1, 0.15) is 5.54 Å². The van der Waals surface area contributed by atoms with Crippen molar-refractivity contribution in [3.8, 4) is 6.07 Å². The molecule has 0 radical (unpaired) electrons. The van der Waals surface area contributed by atoms with E-state index in [9.17, 15) is 5.26 Å². The van der Waals surface area contributed by atoms with E-state index >= 15 is 0 Å². The first-order valence-corrected chi connectivity index (χ1v) is 6.43. The van der Waals surface area contributed by atoms with E-state index in [0.29, 0.717) is 6.54 Å². The highest BCUT2D eigenvalue weighted by Gasteiger charge is 2.42. The van der Waals surface area contributed by atoms with Gasteiger partial charge in [-0.25, -0.2) is 0 Å². The van der Waals surface area contributed by atoms with Gasteiger partial charge in [-0.3, -0.25) is 5.32 Å². The van der Waals surface area contributed by atoms with E-state index in [2.05, 4.69) is 31.3 Å². The van der Waals surface area contributed by atoms with E-state index in [0.717, 1.165) is 18.4 Å². The van der Waals surface area contributed by atoms with Gasteiger partial charge >= 0.3 is 0 Å². The molecule has 0 aromatic heterocycles. The molecule has 0 bridgehead atoms. The van der Waals surface area contributed by atoms with Crippen molar-refractivity contribution in [1.82, 2.24) is 5.32 Å². The molecule has 18 heavy (non-hydrogen) atoms. The Balaban J connectivity index is 2.50. The van der Waals surface area contributed by atoms with Gasteiger partial charge in [-0.1, -0.05) is 38.1 Å². The van der Waals surface area contributed by atoms with E-state index < -0.39 is 5.54 Å². The van der Waals surface area contributed by atoms with Gasteiger partial charge in [0, 0.05) is 6.54 Å². The van der Waals surface area contributed by atoms with E-state index in [1.54, 1.807) is 0 Å². The molecule has 2 N–H and O–H groups in total. The molecule has 0 spiro atoms. The fourth-order valence-electron chi connectivity index (χ4n) is 2.82. The summed E-state index contributed by atoms with van der Waals surface area (Å²) in [7, 11) is 0. The van der Waals surface area contributed by atoms with Crippen molar-refractivity contribution < 1.29 is 5.11 Å². The number of aliphatic hydroxyl groups excluding tert-OH is 1. The number of hydrogen-bond donors (Lipinski definition) is 2. The summed E-state index contributed by atoms with van der Waals surface area (Å²) in [5, 5.41) is 21.8. The van der Waals surface area contributed by atoms with Crippen LogP contribution in [0.15, 0.2) is 24.3 Å². The van der Waals surface area contributed by atoms with Crippen LogP contribution in [-0.4, -0.2) is 18.3 Å². The third-order valence-electron chi connectivity index (χ3n) is 3.97. The van der Waals surface area contributed by atoms with Crippen molar-refractivity contribution in [2.75, 3.05) is 13.2 Å². The molecule has 0 amide bonds. The molecule has 1 aliphatic carbocycles. The molecular formula is C15H20N2O. The molecule has 96 valence electrons. The lowest BCUT2D eigenvalue weighted by atomic mass is 9.66. The summed E-state index contributed by atoms with van der Waals surface area (Å²) in [5.41, 5.74) is 1.77. The fourth-order valence-corrected chi connectivity index (χ4v) is 2.82. The summed E-state index contributed by atoms with van der Waals surface area (Å²) in [4.78, 5) is 0. The largest absolute Gasteiger partial charge is 0.395 e. The number of fused-ring (bicyclic) bond motifs is 1. The highest BCUT2D eigenvalue weighted by molar-refractivity contribution is 5.45. The molecule has 1 atom stereocenters. The standard InChI is InChI=1S/C15H20N2O/c1-14(2)7-8-15(11-16,17-9-10-18)13-6-4-3-5-12(13)14/h3-6,17-18H,7-10H2,1-2H3. The van der Waals surface area contributed by atoms with Gasteiger partial charge in [0.25, 0.3) is 0 Å². The molecule has 3 heteroatoms. The Morgan fingerprint density at radius 1 is 1.28 bits per heavy atom. The molecular weight excluding hydrogens is 224 g/mol. The molecule has 0 aliphatic heterocycles. The SMILES string of the molecule is CC1(C)CCC(C#N)(NCCO)c2ccccc21. The first-order valence-electron chi connectivity index (χ1n) is 6.43. The van der Waals surface area contributed by atoms with E-state index in [1.165, 1.54) is 5.56 Å². The summed E-state index contributed by atoms with van der Waals surface area (Å²) in [5.74, 6) is 0. The van der Waals surface area contributed by atoms with Crippen LogP contribution in [0.2, 0.25) is 0 Å². The predicted molar refractivity (Wildman–Crippen MR) is 71.1 cm³/mol. The number of hydrogen-bond acceptors (Lipinski definition) is 3. The predicted octanol–water partition coefficient (Wildman–Crippen LogP) is 2.06. The maximum atomic E-state index is 9.59. The molecule has 1 aliphatic rings. The van der Waals surface area contributed by atoms with E-state index in [4.69, 9.17) is 5.11 Å². The maximum Gasteiger partial charge on any atom is 0.132 e. The average Bonchev–Trinajstić information content (AvgIpc) is 2.39. The zero-order valence-electron chi connectivity index (χ0n) is 11.0. The van der Waals surface area contributed by atoms with Gasteiger partial charge in [-0.15, -0.1) is 0 Å². The molecule has 1 aromatic carbocycles. The summed E-state index contributed by atoms with van der Waals surface area (Å²) in [6.45, 7) is 4.94. The van der Waals surface area contributed by atoms with Gasteiger partial charge < -0.3 is 5.11 Å². The van der Waals surface area contributed by atoms with Crippen molar-refractivity contribution in [3.05, 3.63) is 35.4 Å². The zero-order valence-corrected chi connectivity index (χ0v) is 11.0. The highest BCUT2D eigenvalue weighted by Crippen LogP contribution is 2.44. The highest BCUT2D eigenvalue weighted by atomic mass is 16.3. The van der Waals surface area contributed by atoms with Crippen LogP contribution in [0, 0.1) is 11.3 Å². The van der Waals surface area contributed by atoms with Gasteiger partial charge in [0.15, 0.2) is 0 Å². The van der Waals surface area contributed by atoms with Crippen LogP contribution in [0.1, 0.15) is 37.8 Å². The molecule has 0 saturated heterocycles. The molecule has 0 fully saturated rings. The van der Waals surface area contributed by atoms with Crippen molar-refractivity contribution in [1.29, 1.82) is 5.26 Å². The summed E-state index contributed by atoms with van der Waals surface area (Å²) in [6, 6.07) is 10.6. The van der Waals surface area contributed by atoms with E-state index in [1.807, 2.05) is 18.2 Å². The second-order valence-electron chi connectivity index (χ2n) is 5.60. The Morgan fingerprint density at radius 3 is 2.56 bits per heavy atom. The smallest absolute Gasteiger partial charge is 0.132 e. The lowest BCUT2D eigenvalue weighted by molar-refractivity contribution is 0.248. The molecule has 0 heterocycles. The molecule has 3 nitrogen and oxygen atoms in total. The zero-order chi connectivity index (χ0) is 13.2. The van der Waals surface area contributed by atoms with Crippen LogP contribution in [0.5, 0.6) is 0 Å². The number of nitrogens with one attached hydrogen (secondary N) is 1. The maximum absolute atomic E-state index is 9.59. The number of aliphatic hydroxyl groups is 1. The van der Waals surface area contributed by atoms with Crippen LogP contribution >= 0.6 is 0 Å². The number of rotatable bonds is 3. The summed E-state index contributed by atoms with van der Waals surface area (Å²) in [6.07, 6.45) is 1.75. The van der Waals surface area contributed by atoms with Crippen LogP contribution in [0.25, 0.3) is 0 Å². The molecule has 1 aromatic rings. The minimum atomic E-state index is -0.644. The fraction of sp³-hybridized carbons (Fsp3) is 0.533. The average molecular weight is 244 g/mol. The second-order valence-corrected chi connectivity index (χ2v) is 5.60. The minimum Gasteiger partial charge on any atom is -0.395 e. The van der Waals surface area contributed by atoms with Crippen molar-refractivity contribution in [2.45, 2.75) is 37.6 Å². The van der Waals surface area contributed by atoms with Crippen LogP contribution in [-0.2, 0) is 11.0 Å². The normalized spacial score (nSPS) is 25.2. The Morgan fingerprint density at radius 2 is 1.94 bits per heavy atom. The van der Waals surface area contributed by atoms with Gasteiger partial charge in [0.05, 0.1) is 12.7 Å². The van der Waals surface area contributed by atoms with Gasteiger partial charge in [-0.05, 0) is 29.4 Å². The Labute approximate surface area is 108 Å². The van der Waals surface area contributed by atoms with Crippen LogP contribution in [0.3, 0.4) is 0 Å². The monoisotopic (exact) mass is 244 g/mol. The van der Waals surface area contributed by atoms with Crippen LogP contribution < -0.4 is 5.32 Å². The summed E-state index contributed by atoms with van der Waals surface area (Å²) < 4.78 is 0. The summed E-state index contributed by atoms with van der Waals surface area (Å²) >= 11 is 0. The molecule has 0 saturated carbocycles. The first kappa shape index (κ1) is 13.1. The van der Waals surface area contributed by atoms with E-state index in [-0.39, 0.29) is 12.0 Å². The topological polar surface area (TPSA) is 56.0 Å². The quantitative estimate of drug-likeness (QED) is 0.855. The lowest BCUT2D eigenvalue weighted by Crippen LogP contribution is -2.48. The molecule has 2 rings (SSSR count). The number of nitriles is 1. The lowest BCUT2D eigenvalue weighted by Gasteiger charge is -2.42. The number of benzene rings is 1. The van der Waals surface area contributed by atoms with Crippen LogP contribution in [0.4, 0.5) is 0 Å². The van der Waals surface area contributed by atoms with Gasteiger partial charge in [0.2, 0.25) is 0 Å². The first-order chi connectivity index (χ1) is 8.56. The van der Waals surface area contributed by atoms with Gasteiger partial charge in [-0.2, -0.15) is 5.26 Å². The minimum absolute atomic E-state index is 0.0506. The third-order valence-corrected chi connectivity index (χ3v) is 3.97. The second kappa shape index (κ2) is 4.72. The van der Waals surface area contributed by atoms with Crippen molar-refractivity contribution >= 4 is 0 Å².